The van der Waals surface area contributed by atoms with E-state index in [1.54, 1.807) is 0 Å². The van der Waals surface area contributed by atoms with Crippen LogP contribution in [0, 0.1) is 23.2 Å². The Morgan fingerprint density at radius 1 is 1.00 bits per heavy atom. The second kappa shape index (κ2) is 12.4. The Morgan fingerprint density at radius 3 is 2.34 bits per heavy atom. The molecule has 3 saturated carbocycles. The molecule has 2 N–H and O–H groups in total. The number of anilines is 1. The van der Waals surface area contributed by atoms with Crippen LogP contribution < -0.4 is 4.90 Å². The minimum absolute atomic E-state index is 0.276. The van der Waals surface area contributed by atoms with Crippen LogP contribution in [-0.4, -0.2) is 119 Å². The molecule has 44 heavy (non-hydrogen) atoms. The van der Waals surface area contributed by atoms with Crippen LogP contribution in [0.1, 0.15) is 71.6 Å². The maximum atomic E-state index is 14.2. The lowest BCUT2D eigenvalue weighted by atomic mass is 9.45. The molecule has 244 valence electrons. The van der Waals surface area contributed by atoms with E-state index in [2.05, 4.69) is 57.7 Å². The van der Waals surface area contributed by atoms with Crippen LogP contribution in [0.4, 0.5) is 10.5 Å². The number of hydrogen-bond acceptors (Lipinski definition) is 6. The summed E-state index contributed by atoms with van der Waals surface area (Å²) in [5.74, 6) is 3.00. The Balaban J connectivity index is 1.02. The van der Waals surface area contributed by atoms with Crippen molar-refractivity contribution in [2.24, 2.45) is 23.2 Å². The lowest BCUT2D eigenvalue weighted by Gasteiger charge is -2.60. The Bertz CT molecular complexity index is 1160. The van der Waals surface area contributed by atoms with Crippen molar-refractivity contribution < 1.29 is 19.8 Å². The van der Waals surface area contributed by atoms with E-state index in [0.29, 0.717) is 51.1 Å². The van der Waals surface area contributed by atoms with Gasteiger partial charge in [-0.25, -0.2) is 4.79 Å². The molecule has 9 heteroatoms. The molecule has 9 nitrogen and oxygen atoms in total. The molecule has 0 aromatic heterocycles. The summed E-state index contributed by atoms with van der Waals surface area (Å²) in [4.78, 5) is 36.0. The van der Waals surface area contributed by atoms with E-state index >= 15 is 0 Å². The summed E-state index contributed by atoms with van der Waals surface area (Å²) in [5, 5.41) is 20.3. The van der Waals surface area contributed by atoms with Crippen LogP contribution in [0.25, 0.3) is 0 Å². The molecule has 3 saturated heterocycles. The number of carbonyl (C=O) groups is 2. The first-order valence-corrected chi connectivity index (χ1v) is 17.2. The smallest absolute Gasteiger partial charge is 0.407 e. The average molecular weight is 610 g/mol. The zero-order valence-corrected chi connectivity index (χ0v) is 27.3. The van der Waals surface area contributed by atoms with E-state index in [0.717, 1.165) is 68.9 Å². The number of amides is 2. The van der Waals surface area contributed by atoms with E-state index in [4.69, 9.17) is 0 Å². The third kappa shape index (κ3) is 6.08. The molecule has 0 radical (unpaired) electrons. The van der Waals surface area contributed by atoms with Crippen LogP contribution in [-0.2, 0) is 4.79 Å². The topological polar surface area (TPSA) is 90.8 Å². The van der Waals surface area contributed by atoms with Crippen molar-refractivity contribution in [1.82, 2.24) is 19.6 Å². The largest absolute Gasteiger partial charge is 0.465 e. The van der Waals surface area contributed by atoms with Crippen molar-refractivity contribution in [2.75, 3.05) is 71.0 Å². The summed E-state index contributed by atoms with van der Waals surface area (Å²) in [5.41, 5.74) is 0.344. The quantitative estimate of drug-likeness (QED) is 0.406. The van der Waals surface area contributed by atoms with Gasteiger partial charge in [0.05, 0.1) is 12.3 Å². The van der Waals surface area contributed by atoms with Gasteiger partial charge in [-0.15, -0.1) is 0 Å². The number of para-hydroxylation sites is 1. The normalized spacial score (nSPS) is 29.3. The van der Waals surface area contributed by atoms with Crippen molar-refractivity contribution in [1.29, 1.82) is 0 Å². The van der Waals surface area contributed by atoms with Crippen LogP contribution in [0.5, 0.6) is 0 Å². The zero-order valence-electron chi connectivity index (χ0n) is 27.3. The Labute approximate surface area is 264 Å². The van der Waals surface area contributed by atoms with Crippen LogP contribution in [0.3, 0.4) is 0 Å². The summed E-state index contributed by atoms with van der Waals surface area (Å²) in [6.07, 6.45) is 8.15. The van der Waals surface area contributed by atoms with Crippen molar-refractivity contribution >= 4 is 17.7 Å². The highest BCUT2D eigenvalue weighted by molar-refractivity contribution is 5.93. The first-order chi connectivity index (χ1) is 21.0. The summed E-state index contributed by atoms with van der Waals surface area (Å²) >= 11 is 0. The van der Waals surface area contributed by atoms with Gasteiger partial charge < -0.3 is 34.7 Å². The number of fused-ring (bicyclic) bond motifs is 2. The van der Waals surface area contributed by atoms with Gasteiger partial charge in [0.15, 0.2) is 0 Å². The first kappa shape index (κ1) is 31.6. The van der Waals surface area contributed by atoms with E-state index in [1.165, 1.54) is 30.6 Å². The van der Waals surface area contributed by atoms with Gasteiger partial charge in [0, 0.05) is 45.0 Å². The monoisotopic (exact) mass is 609 g/mol. The van der Waals surface area contributed by atoms with Crippen LogP contribution >= 0.6 is 0 Å². The number of nitrogens with zero attached hydrogens (tertiary/aromatic N) is 5. The molecule has 1 aromatic carbocycles. The molecule has 3 unspecified atom stereocenters. The van der Waals surface area contributed by atoms with E-state index in [9.17, 15) is 19.8 Å². The summed E-state index contributed by atoms with van der Waals surface area (Å²) < 4.78 is 0. The van der Waals surface area contributed by atoms with Crippen molar-refractivity contribution in [3.63, 3.8) is 0 Å². The summed E-state index contributed by atoms with van der Waals surface area (Å²) in [6.45, 7) is 11.5. The highest BCUT2D eigenvalue weighted by atomic mass is 16.4. The molecular formula is C35H55N5O4. The number of benzene rings is 1. The number of aliphatic hydroxyl groups is 1. The molecule has 1 spiro atoms. The fraction of sp³-hybridized carbons (Fsp3) is 0.771. The number of rotatable bonds is 10. The van der Waals surface area contributed by atoms with E-state index in [1.807, 2.05) is 13.1 Å². The molecule has 3 atom stereocenters. The second-order valence-electron chi connectivity index (χ2n) is 15.4. The number of piperidine rings is 2. The molecule has 6 fully saturated rings. The lowest BCUT2D eigenvalue weighted by molar-refractivity contribution is -0.133. The third-order valence-corrected chi connectivity index (χ3v) is 12.6. The maximum absolute atomic E-state index is 14.2. The molecule has 3 aliphatic heterocycles. The number of carbonyl (C=O) groups excluding carboxylic acids is 1. The van der Waals surface area contributed by atoms with Gasteiger partial charge in [-0.3, -0.25) is 4.79 Å². The van der Waals surface area contributed by atoms with Gasteiger partial charge in [0.25, 0.3) is 0 Å². The first-order valence-electron chi connectivity index (χ1n) is 17.2. The molecule has 2 bridgehead atoms. The Hall–Kier alpha value is -2.36. The highest BCUT2D eigenvalue weighted by Crippen LogP contribution is 2.62. The number of hydrogen-bond donors (Lipinski definition) is 2. The van der Waals surface area contributed by atoms with Crippen molar-refractivity contribution in [3.8, 4) is 0 Å². The zero-order chi connectivity index (χ0) is 31.1. The Morgan fingerprint density at radius 2 is 1.70 bits per heavy atom. The number of likely N-dealkylation sites (tertiary alicyclic amines) is 2. The molecule has 1 aromatic rings. The minimum Gasteiger partial charge on any atom is -0.465 e. The van der Waals surface area contributed by atoms with E-state index < -0.39 is 17.2 Å². The second-order valence-corrected chi connectivity index (χ2v) is 15.4. The molecule has 7 rings (SSSR count). The predicted octanol–water partition coefficient (Wildman–Crippen LogP) is 4.42. The SMILES string of the molecule is CN(CCCN1CN(c2ccccc2)C2(CCN(CCC3CCC4CC3C4(C)C)CC2)C1=O)CC1(O)CCN(C(=O)O)CC1. The third-order valence-electron chi connectivity index (χ3n) is 12.6. The summed E-state index contributed by atoms with van der Waals surface area (Å²) in [7, 11) is 2.01. The standard InChI is InChI=1S/C35H55N5O4/c1-33(2)28-11-10-27(30(33)24-28)12-19-37-20-15-35(16-21-37)31(41)39(26-40(35)29-8-5-4-6-9-29)18-7-17-36(3)25-34(44)13-22-38(23-14-34)32(42)43/h4-6,8-9,27-28,30,44H,7,10-26H2,1-3H3,(H,42,43). The highest BCUT2D eigenvalue weighted by Gasteiger charge is 2.55. The van der Waals surface area contributed by atoms with Crippen molar-refractivity contribution in [3.05, 3.63) is 30.3 Å². The van der Waals surface area contributed by atoms with Crippen molar-refractivity contribution in [2.45, 2.75) is 82.8 Å². The minimum atomic E-state index is -0.913. The van der Waals surface area contributed by atoms with Crippen LogP contribution in [0.15, 0.2) is 30.3 Å². The predicted molar refractivity (Wildman–Crippen MR) is 173 cm³/mol. The number of carboxylic acid groups (broad SMARTS) is 1. The lowest BCUT2D eigenvalue weighted by Crippen LogP contribution is -2.57. The number of likely N-dealkylation sites (N-methyl/N-ethyl adjacent to an activating group) is 1. The van der Waals surface area contributed by atoms with Gasteiger partial charge in [-0.2, -0.15) is 0 Å². The molecule has 6 aliphatic rings. The fourth-order valence-corrected chi connectivity index (χ4v) is 9.56. The van der Waals surface area contributed by atoms with Gasteiger partial charge in [-0.05, 0) is 113 Å². The Kier molecular flexibility index (Phi) is 8.94. The molecule has 2 amide bonds. The summed E-state index contributed by atoms with van der Waals surface area (Å²) in [6, 6.07) is 10.5. The van der Waals surface area contributed by atoms with Gasteiger partial charge in [0.1, 0.15) is 5.54 Å². The van der Waals surface area contributed by atoms with Gasteiger partial charge in [0.2, 0.25) is 5.91 Å². The van der Waals surface area contributed by atoms with Crippen LogP contribution in [0.2, 0.25) is 0 Å². The van der Waals surface area contributed by atoms with Gasteiger partial charge >= 0.3 is 6.09 Å². The molecule has 3 heterocycles. The van der Waals surface area contributed by atoms with Gasteiger partial charge in [-0.1, -0.05) is 32.0 Å². The molecular weight excluding hydrogens is 554 g/mol. The molecule has 3 aliphatic carbocycles. The fourth-order valence-electron chi connectivity index (χ4n) is 9.56. The average Bonchev–Trinajstić information content (AvgIpc) is 3.27. The van der Waals surface area contributed by atoms with E-state index in [-0.39, 0.29) is 5.91 Å². The maximum Gasteiger partial charge on any atom is 0.407 e.